The Kier molecular flexibility index (Phi) is 6.68. The number of aromatic nitrogens is 1. The van der Waals surface area contributed by atoms with Crippen molar-refractivity contribution in [1.82, 2.24) is 4.98 Å². The number of nitrogens with zero attached hydrogens (tertiary/aromatic N) is 1. The molecular formula is C25H30N2O2S. The zero-order chi connectivity index (χ0) is 20.9. The number of carbonyl (C=O) groups excluding carboxylic acids is 1. The van der Waals surface area contributed by atoms with E-state index >= 15 is 0 Å². The first kappa shape index (κ1) is 20.9. The van der Waals surface area contributed by atoms with Gasteiger partial charge in [-0.2, -0.15) is 0 Å². The van der Waals surface area contributed by atoms with Crippen LogP contribution in [0.4, 0.5) is 5.13 Å². The second kappa shape index (κ2) is 9.61. The van der Waals surface area contributed by atoms with Crippen molar-refractivity contribution < 1.29 is 9.53 Å². The molecule has 1 heterocycles. The number of hydrogen-bond donors (Lipinski definition) is 1. The highest BCUT2D eigenvalue weighted by Gasteiger charge is 2.22. The molecular weight excluding hydrogens is 392 g/mol. The minimum atomic E-state index is -0.114. The van der Waals surface area contributed by atoms with Crippen LogP contribution in [0.3, 0.4) is 0 Å². The smallest absolute Gasteiger partial charge is 0.257 e. The number of hydrogen-bond acceptors (Lipinski definition) is 4. The number of fused-ring (bicyclic) bond motifs is 1. The summed E-state index contributed by atoms with van der Waals surface area (Å²) in [6, 6.07) is 14.0. The van der Waals surface area contributed by atoms with Crippen LogP contribution in [0.25, 0.3) is 10.2 Å². The Bertz CT molecular complexity index is 988. The molecule has 158 valence electrons. The molecule has 4 rings (SSSR count). The van der Waals surface area contributed by atoms with Gasteiger partial charge in [0.05, 0.1) is 16.8 Å². The number of amides is 1. The SMILES string of the molecule is CCCC1CCC(c2ccc(C(=O)Nc3nc4ccc(OCC)cc4s3)cc2)CC1. The first-order valence-electron chi connectivity index (χ1n) is 11.1. The number of ether oxygens (including phenoxy) is 1. The minimum absolute atomic E-state index is 0.114. The van der Waals surface area contributed by atoms with Crippen LogP contribution in [0, 0.1) is 5.92 Å². The largest absolute Gasteiger partial charge is 0.494 e. The lowest BCUT2D eigenvalue weighted by Crippen LogP contribution is -2.14. The highest BCUT2D eigenvalue weighted by Crippen LogP contribution is 2.37. The molecule has 1 aromatic heterocycles. The van der Waals surface area contributed by atoms with Crippen LogP contribution in [0.1, 0.15) is 74.2 Å². The Hall–Kier alpha value is -2.40. The summed E-state index contributed by atoms with van der Waals surface area (Å²) in [5.41, 5.74) is 2.91. The third kappa shape index (κ3) is 4.84. The van der Waals surface area contributed by atoms with Gasteiger partial charge in [-0.3, -0.25) is 10.1 Å². The third-order valence-electron chi connectivity index (χ3n) is 6.08. The van der Waals surface area contributed by atoms with Crippen LogP contribution < -0.4 is 10.1 Å². The lowest BCUT2D eigenvalue weighted by molar-refractivity contribution is 0.102. The number of benzene rings is 2. The van der Waals surface area contributed by atoms with Crippen molar-refractivity contribution >= 4 is 32.6 Å². The van der Waals surface area contributed by atoms with E-state index in [9.17, 15) is 4.79 Å². The first-order valence-corrected chi connectivity index (χ1v) is 11.9. The molecule has 5 heteroatoms. The highest BCUT2D eigenvalue weighted by atomic mass is 32.1. The van der Waals surface area contributed by atoms with Crippen molar-refractivity contribution in [2.75, 3.05) is 11.9 Å². The van der Waals surface area contributed by atoms with Gasteiger partial charge in [0.25, 0.3) is 5.91 Å². The summed E-state index contributed by atoms with van der Waals surface area (Å²) in [4.78, 5) is 17.2. The summed E-state index contributed by atoms with van der Waals surface area (Å²) in [5.74, 6) is 2.26. The fourth-order valence-corrected chi connectivity index (χ4v) is 5.37. The van der Waals surface area contributed by atoms with E-state index in [0.717, 1.165) is 21.9 Å². The predicted octanol–water partition coefficient (Wildman–Crippen LogP) is 7.02. The maximum Gasteiger partial charge on any atom is 0.257 e. The predicted molar refractivity (Wildman–Crippen MR) is 125 cm³/mol. The van der Waals surface area contributed by atoms with Gasteiger partial charge in [0.2, 0.25) is 0 Å². The first-order chi connectivity index (χ1) is 14.7. The van der Waals surface area contributed by atoms with Gasteiger partial charge in [-0.25, -0.2) is 4.98 Å². The zero-order valence-corrected chi connectivity index (χ0v) is 18.6. The van der Waals surface area contributed by atoms with E-state index in [1.54, 1.807) is 0 Å². The van der Waals surface area contributed by atoms with E-state index in [-0.39, 0.29) is 5.91 Å². The molecule has 0 bridgehead atoms. The third-order valence-corrected chi connectivity index (χ3v) is 7.01. The van der Waals surface area contributed by atoms with E-state index in [0.29, 0.717) is 23.2 Å². The fourth-order valence-electron chi connectivity index (χ4n) is 4.48. The van der Waals surface area contributed by atoms with Crippen LogP contribution >= 0.6 is 11.3 Å². The van der Waals surface area contributed by atoms with Crippen LogP contribution in [-0.2, 0) is 0 Å². The maximum absolute atomic E-state index is 12.7. The maximum atomic E-state index is 12.7. The molecule has 1 fully saturated rings. The van der Waals surface area contributed by atoms with Gasteiger partial charge in [0.15, 0.2) is 5.13 Å². The molecule has 0 saturated heterocycles. The molecule has 1 amide bonds. The second-order valence-corrected chi connectivity index (χ2v) is 9.19. The summed E-state index contributed by atoms with van der Waals surface area (Å²) in [5, 5.41) is 3.56. The Morgan fingerprint density at radius 2 is 1.87 bits per heavy atom. The Morgan fingerprint density at radius 1 is 1.10 bits per heavy atom. The molecule has 1 aliphatic carbocycles. The molecule has 1 aliphatic rings. The van der Waals surface area contributed by atoms with Crippen LogP contribution in [0.15, 0.2) is 42.5 Å². The van der Waals surface area contributed by atoms with E-state index in [4.69, 9.17) is 4.74 Å². The van der Waals surface area contributed by atoms with Crippen molar-refractivity contribution in [1.29, 1.82) is 0 Å². The van der Waals surface area contributed by atoms with E-state index in [1.807, 2.05) is 37.3 Å². The Morgan fingerprint density at radius 3 is 2.57 bits per heavy atom. The van der Waals surface area contributed by atoms with Crippen molar-refractivity contribution in [3.8, 4) is 5.75 Å². The van der Waals surface area contributed by atoms with Gasteiger partial charge in [0, 0.05) is 5.56 Å². The molecule has 30 heavy (non-hydrogen) atoms. The number of thiazole rings is 1. The van der Waals surface area contributed by atoms with Gasteiger partial charge >= 0.3 is 0 Å². The van der Waals surface area contributed by atoms with Crippen LogP contribution in [0.5, 0.6) is 5.75 Å². The van der Waals surface area contributed by atoms with Crippen LogP contribution in [-0.4, -0.2) is 17.5 Å². The van der Waals surface area contributed by atoms with Gasteiger partial charge in [-0.15, -0.1) is 0 Å². The average Bonchev–Trinajstić information content (AvgIpc) is 3.16. The molecule has 0 atom stereocenters. The second-order valence-electron chi connectivity index (χ2n) is 8.16. The lowest BCUT2D eigenvalue weighted by Gasteiger charge is -2.28. The average molecular weight is 423 g/mol. The minimum Gasteiger partial charge on any atom is -0.494 e. The summed E-state index contributed by atoms with van der Waals surface area (Å²) in [6.45, 7) is 4.87. The number of rotatable bonds is 7. The highest BCUT2D eigenvalue weighted by molar-refractivity contribution is 7.22. The topological polar surface area (TPSA) is 51.2 Å². The van der Waals surface area contributed by atoms with E-state index in [1.165, 1.54) is 55.4 Å². The quantitative estimate of drug-likeness (QED) is 0.445. The van der Waals surface area contributed by atoms with E-state index < -0.39 is 0 Å². The fraction of sp³-hybridized carbons (Fsp3) is 0.440. The molecule has 3 aromatic rings. The molecule has 0 radical (unpaired) electrons. The van der Waals surface area contributed by atoms with Crippen molar-refractivity contribution in [3.63, 3.8) is 0 Å². The van der Waals surface area contributed by atoms with Crippen molar-refractivity contribution in [2.45, 2.75) is 58.3 Å². The molecule has 1 N–H and O–H groups in total. The molecule has 1 saturated carbocycles. The summed E-state index contributed by atoms with van der Waals surface area (Å²) >= 11 is 1.47. The molecule has 0 unspecified atom stereocenters. The molecule has 4 nitrogen and oxygen atoms in total. The van der Waals surface area contributed by atoms with Crippen molar-refractivity contribution in [2.24, 2.45) is 5.92 Å². The molecule has 2 aromatic carbocycles. The molecule has 0 spiro atoms. The van der Waals surface area contributed by atoms with Crippen LogP contribution in [0.2, 0.25) is 0 Å². The van der Waals surface area contributed by atoms with Gasteiger partial charge in [0.1, 0.15) is 5.75 Å². The summed E-state index contributed by atoms with van der Waals surface area (Å²) < 4.78 is 6.55. The van der Waals surface area contributed by atoms with Crippen molar-refractivity contribution in [3.05, 3.63) is 53.6 Å². The lowest BCUT2D eigenvalue weighted by atomic mass is 9.77. The van der Waals surface area contributed by atoms with Gasteiger partial charge in [-0.05, 0) is 80.3 Å². The monoisotopic (exact) mass is 422 g/mol. The number of carbonyl (C=O) groups is 1. The Labute approximate surface area is 182 Å². The zero-order valence-electron chi connectivity index (χ0n) is 17.8. The van der Waals surface area contributed by atoms with Gasteiger partial charge in [-0.1, -0.05) is 43.2 Å². The summed E-state index contributed by atoms with van der Waals surface area (Å²) in [6.07, 6.45) is 7.87. The normalized spacial score (nSPS) is 19.0. The van der Waals surface area contributed by atoms with Gasteiger partial charge < -0.3 is 4.74 Å². The standard InChI is InChI=1S/C25H30N2O2S/c1-3-5-17-6-8-18(9-7-17)19-10-12-20(13-11-19)24(28)27-25-26-22-15-14-21(29-4-2)16-23(22)30-25/h10-18H,3-9H2,1-2H3,(H,26,27,28). The summed E-state index contributed by atoms with van der Waals surface area (Å²) in [7, 11) is 0. The number of nitrogens with one attached hydrogen (secondary N) is 1. The molecule has 0 aliphatic heterocycles. The van der Waals surface area contributed by atoms with E-state index in [2.05, 4.69) is 29.4 Å². The Balaban J connectivity index is 1.38. The number of anilines is 1.